The number of aryl methyl sites for hydroxylation is 1. The van der Waals surface area contributed by atoms with Crippen LogP contribution in [0.15, 0.2) is 58.6 Å². The van der Waals surface area contributed by atoms with Gasteiger partial charge in [0.2, 0.25) is 11.8 Å². The standard InChI is InChI=1S/C39H43ClN6O2S/c1-5-6-7-8-9-12-15-34(47)41-24-13-10-11-14-29-16-22-32(23-17-29)42-35(48)25-33-38-45-44-28(4)46(38)39-36(26(2)27(3)49-39)37(43-33)30-18-20-31(40)21-19-30/h16-23,33,38,45H,5-9,12,15,24-25H2,1-4H3,(H,41,47)(H,42,48)/t33-,38?/m0/s1. The Hall–Kier alpha value is -4.57. The van der Waals surface area contributed by atoms with E-state index in [-0.39, 0.29) is 30.9 Å². The fraction of sp³-hybridized carbons (Fsp3) is 0.385. The van der Waals surface area contributed by atoms with Crippen molar-refractivity contribution in [1.82, 2.24) is 10.7 Å². The minimum atomic E-state index is -0.421. The van der Waals surface area contributed by atoms with Crippen molar-refractivity contribution in [2.75, 3.05) is 16.8 Å². The Balaban J connectivity index is 1.19. The molecule has 5 rings (SSSR count). The third kappa shape index (κ3) is 9.32. The monoisotopic (exact) mass is 694 g/mol. The number of hydrazone groups is 1. The summed E-state index contributed by atoms with van der Waals surface area (Å²) in [7, 11) is 0. The van der Waals surface area contributed by atoms with Gasteiger partial charge in [-0.25, -0.2) is 0 Å². The van der Waals surface area contributed by atoms with Crippen LogP contribution in [-0.4, -0.2) is 42.1 Å². The average Bonchev–Trinajstić information content (AvgIpc) is 3.57. The first-order valence-corrected chi connectivity index (χ1v) is 18.1. The molecule has 2 atom stereocenters. The van der Waals surface area contributed by atoms with Crippen molar-refractivity contribution < 1.29 is 9.59 Å². The Morgan fingerprint density at radius 2 is 1.69 bits per heavy atom. The van der Waals surface area contributed by atoms with Crippen LogP contribution in [0.3, 0.4) is 0 Å². The number of carbonyl (C=O) groups excluding carboxylic acids is 2. The number of halogens is 1. The normalized spacial score (nSPS) is 16.0. The van der Waals surface area contributed by atoms with Crippen LogP contribution in [0.1, 0.15) is 92.3 Å². The summed E-state index contributed by atoms with van der Waals surface area (Å²) in [6.07, 6.45) is 7.31. The number of hydrogen-bond acceptors (Lipinski definition) is 7. The summed E-state index contributed by atoms with van der Waals surface area (Å²) in [6, 6.07) is 14.6. The molecule has 3 heterocycles. The van der Waals surface area contributed by atoms with Gasteiger partial charge in [0.1, 0.15) is 17.0 Å². The number of anilines is 2. The van der Waals surface area contributed by atoms with Crippen LogP contribution in [0.4, 0.5) is 10.7 Å². The lowest BCUT2D eigenvalue weighted by atomic mass is 9.99. The molecule has 2 aromatic carbocycles. The molecule has 0 saturated carbocycles. The van der Waals surface area contributed by atoms with Crippen molar-refractivity contribution in [1.29, 1.82) is 0 Å². The fourth-order valence-electron chi connectivity index (χ4n) is 5.87. The molecule has 0 fully saturated rings. The number of nitrogens with one attached hydrogen (secondary N) is 3. The van der Waals surface area contributed by atoms with Crippen LogP contribution in [0, 0.1) is 37.5 Å². The second-order valence-corrected chi connectivity index (χ2v) is 13.9. The van der Waals surface area contributed by atoms with E-state index in [4.69, 9.17) is 16.6 Å². The Bertz CT molecular complexity index is 1840. The van der Waals surface area contributed by atoms with Gasteiger partial charge < -0.3 is 10.6 Å². The van der Waals surface area contributed by atoms with Gasteiger partial charge in [0.05, 0.1) is 24.7 Å². The largest absolute Gasteiger partial charge is 0.345 e. The van der Waals surface area contributed by atoms with Gasteiger partial charge in [-0.1, -0.05) is 74.6 Å². The van der Waals surface area contributed by atoms with Crippen molar-refractivity contribution >= 4 is 57.0 Å². The first kappa shape index (κ1) is 35.7. The molecule has 49 heavy (non-hydrogen) atoms. The zero-order chi connectivity index (χ0) is 34.8. The number of amidine groups is 1. The quantitative estimate of drug-likeness (QED) is 0.135. The van der Waals surface area contributed by atoms with Crippen molar-refractivity contribution in [3.63, 3.8) is 0 Å². The second-order valence-electron chi connectivity index (χ2n) is 12.3. The number of hydrogen-bond donors (Lipinski definition) is 3. The van der Waals surface area contributed by atoms with Crippen LogP contribution in [-0.2, 0) is 9.59 Å². The molecule has 3 aromatic rings. The van der Waals surface area contributed by atoms with Crippen molar-refractivity contribution in [3.05, 3.63) is 80.7 Å². The highest BCUT2D eigenvalue weighted by molar-refractivity contribution is 7.17. The molecule has 3 N–H and O–H groups in total. The van der Waals surface area contributed by atoms with Crippen molar-refractivity contribution in [3.8, 4) is 23.7 Å². The van der Waals surface area contributed by atoms with Crippen LogP contribution in [0.2, 0.25) is 5.02 Å². The highest BCUT2D eigenvalue weighted by Crippen LogP contribution is 2.42. The van der Waals surface area contributed by atoms with Gasteiger partial charge in [-0.3, -0.25) is 24.9 Å². The topological polar surface area (TPSA) is 98.2 Å². The van der Waals surface area contributed by atoms with Gasteiger partial charge in [0.25, 0.3) is 0 Å². The number of rotatable bonds is 12. The predicted octanol–water partition coefficient (Wildman–Crippen LogP) is 7.56. The summed E-state index contributed by atoms with van der Waals surface area (Å²) in [5.41, 5.74) is 8.70. The van der Waals surface area contributed by atoms with Crippen LogP contribution >= 0.6 is 22.9 Å². The zero-order valence-corrected chi connectivity index (χ0v) is 30.2. The number of nitrogens with zero attached hydrogens (tertiary/aromatic N) is 3. The van der Waals surface area contributed by atoms with E-state index >= 15 is 0 Å². The SMILES string of the molecule is CCCCCCCCC(=O)NCC#CC#Cc1ccc(NC(=O)C[C@@H]2N=C(c3ccc(Cl)cc3)c3c(sc(C)c3C)N3C(C)=NNC23)cc1. The highest BCUT2D eigenvalue weighted by Gasteiger charge is 2.40. The molecule has 0 spiro atoms. The van der Waals surface area contributed by atoms with Gasteiger partial charge in [0.15, 0.2) is 0 Å². The molecule has 8 nitrogen and oxygen atoms in total. The minimum Gasteiger partial charge on any atom is -0.345 e. The van der Waals surface area contributed by atoms with Crippen molar-refractivity contribution in [2.24, 2.45) is 10.1 Å². The number of amides is 2. The molecule has 254 valence electrons. The lowest BCUT2D eigenvalue weighted by Gasteiger charge is -2.28. The number of carbonyl (C=O) groups is 2. The van der Waals surface area contributed by atoms with E-state index in [1.807, 2.05) is 55.5 Å². The molecule has 1 aromatic heterocycles. The zero-order valence-electron chi connectivity index (χ0n) is 28.6. The summed E-state index contributed by atoms with van der Waals surface area (Å²) in [6.45, 7) is 8.69. The van der Waals surface area contributed by atoms with E-state index in [0.717, 1.165) is 51.6 Å². The first-order chi connectivity index (χ1) is 23.7. The van der Waals surface area contributed by atoms with Gasteiger partial charge in [0, 0.05) is 38.7 Å². The maximum absolute atomic E-state index is 13.4. The molecule has 2 amide bonds. The van der Waals surface area contributed by atoms with E-state index in [0.29, 0.717) is 17.1 Å². The highest BCUT2D eigenvalue weighted by atomic mass is 35.5. The van der Waals surface area contributed by atoms with Gasteiger partial charge in [-0.05, 0) is 81.0 Å². The minimum absolute atomic E-state index is 0.0326. The van der Waals surface area contributed by atoms with Gasteiger partial charge in [-0.2, -0.15) is 5.10 Å². The number of fused-ring (bicyclic) bond motifs is 3. The lowest BCUT2D eigenvalue weighted by molar-refractivity contribution is -0.121. The number of benzene rings is 2. The third-order valence-corrected chi connectivity index (χ3v) is 10.1. The maximum atomic E-state index is 13.4. The maximum Gasteiger partial charge on any atom is 0.226 e. The summed E-state index contributed by atoms with van der Waals surface area (Å²) in [4.78, 5) is 34.0. The molecule has 2 aliphatic rings. The van der Waals surface area contributed by atoms with E-state index in [2.05, 4.69) is 70.5 Å². The van der Waals surface area contributed by atoms with E-state index in [1.54, 1.807) is 11.3 Å². The lowest BCUT2D eigenvalue weighted by Crippen LogP contribution is -2.47. The Morgan fingerprint density at radius 3 is 2.45 bits per heavy atom. The Labute approximate surface area is 298 Å². The molecule has 10 heteroatoms. The van der Waals surface area contributed by atoms with Crippen molar-refractivity contribution in [2.45, 2.75) is 91.3 Å². The van der Waals surface area contributed by atoms with Crippen LogP contribution in [0.25, 0.3) is 0 Å². The number of unbranched alkanes of at least 4 members (excludes halogenated alkanes) is 5. The fourth-order valence-corrected chi connectivity index (χ4v) is 7.24. The van der Waals surface area contributed by atoms with E-state index in [9.17, 15) is 9.59 Å². The van der Waals surface area contributed by atoms with E-state index in [1.165, 1.54) is 30.6 Å². The first-order valence-electron chi connectivity index (χ1n) is 16.9. The molecule has 0 aliphatic carbocycles. The molecule has 0 saturated heterocycles. The summed E-state index contributed by atoms with van der Waals surface area (Å²) >= 11 is 7.94. The van der Waals surface area contributed by atoms with Gasteiger partial charge >= 0.3 is 0 Å². The molecule has 0 bridgehead atoms. The summed E-state index contributed by atoms with van der Waals surface area (Å²) < 4.78 is 0. The predicted molar refractivity (Wildman–Crippen MR) is 203 cm³/mol. The van der Waals surface area contributed by atoms with Gasteiger partial charge in [-0.15, -0.1) is 11.3 Å². The summed E-state index contributed by atoms with van der Waals surface area (Å²) in [5, 5.41) is 12.1. The number of aliphatic imine (C=N–C) groups is 1. The van der Waals surface area contributed by atoms with Crippen LogP contribution in [0.5, 0.6) is 0 Å². The second kappa shape index (κ2) is 17.2. The third-order valence-electron chi connectivity index (χ3n) is 8.64. The van der Waals surface area contributed by atoms with Crippen LogP contribution < -0.4 is 21.0 Å². The average molecular weight is 695 g/mol. The molecule has 1 unspecified atom stereocenters. The molecule has 2 aliphatic heterocycles. The molecular formula is C39H43ClN6O2S. The summed E-state index contributed by atoms with van der Waals surface area (Å²) in [5.74, 6) is 12.2. The smallest absolute Gasteiger partial charge is 0.226 e. The Kier molecular flexibility index (Phi) is 12.5. The molecule has 0 radical (unpaired) electrons. The Morgan fingerprint density at radius 1 is 0.959 bits per heavy atom. The van der Waals surface area contributed by atoms with E-state index < -0.39 is 6.04 Å². The number of thiophene rings is 1. The molecular weight excluding hydrogens is 652 g/mol.